The van der Waals surface area contributed by atoms with Crippen molar-refractivity contribution in [3.8, 4) is 28.6 Å². The van der Waals surface area contributed by atoms with Crippen LogP contribution in [0.3, 0.4) is 0 Å². The molecule has 128 valence electrons. The summed E-state index contributed by atoms with van der Waals surface area (Å²) < 4.78 is 11.1. The lowest BCUT2D eigenvalue weighted by atomic mass is 10.0. The van der Waals surface area contributed by atoms with Crippen LogP contribution in [0, 0.1) is 0 Å². The maximum absolute atomic E-state index is 6.30. The van der Waals surface area contributed by atoms with Crippen LogP contribution in [0.1, 0.15) is 25.0 Å². The number of fused-ring (bicyclic) bond motifs is 1. The molecule has 0 unspecified atom stereocenters. The fraction of sp³-hybridized carbons (Fsp3) is 0.263. The normalized spacial score (nSPS) is 13.3. The van der Waals surface area contributed by atoms with Gasteiger partial charge in [-0.05, 0) is 43.2 Å². The zero-order valence-corrected chi connectivity index (χ0v) is 14.8. The molecule has 1 aromatic heterocycles. The Morgan fingerprint density at radius 2 is 2.08 bits per heavy atom. The fourth-order valence-corrected chi connectivity index (χ4v) is 3.20. The first-order valence-corrected chi connectivity index (χ1v) is 8.62. The highest BCUT2D eigenvalue weighted by Crippen LogP contribution is 2.32. The van der Waals surface area contributed by atoms with Crippen LogP contribution in [0.4, 0.5) is 0 Å². The van der Waals surface area contributed by atoms with Crippen molar-refractivity contribution in [3.63, 3.8) is 0 Å². The van der Waals surface area contributed by atoms with Gasteiger partial charge in [-0.3, -0.25) is 0 Å². The maximum atomic E-state index is 6.30. The van der Waals surface area contributed by atoms with Crippen molar-refractivity contribution in [1.29, 1.82) is 0 Å². The molecule has 4 rings (SSSR count). The van der Waals surface area contributed by atoms with Crippen LogP contribution in [-0.4, -0.2) is 16.2 Å². The molecule has 0 saturated heterocycles. The SMILES string of the molecule is CC(C)Oc1ccc(-c2nc(-c3cccc4c3CNC4)no2)cc1Cl. The zero-order chi connectivity index (χ0) is 17.4. The molecule has 1 aliphatic heterocycles. The third-order valence-corrected chi connectivity index (χ3v) is 4.39. The number of hydrogen-bond acceptors (Lipinski definition) is 5. The third-order valence-electron chi connectivity index (χ3n) is 4.10. The van der Waals surface area contributed by atoms with Crippen LogP contribution >= 0.6 is 11.6 Å². The molecule has 6 heteroatoms. The van der Waals surface area contributed by atoms with Crippen molar-refractivity contribution in [2.75, 3.05) is 0 Å². The van der Waals surface area contributed by atoms with Crippen molar-refractivity contribution in [2.45, 2.75) is 33.0 Å². The van der Waals surface area contributed by atoms with Gasteiger partial charge in [0.15, 0.2) is 0 Å². The minimum atomic E-state index is 0.0622. The first kappa shape index (κ1) is 16.1. The minimum Gasteiger partial charge on any atom is -0.489 e. The van der Waals surface area contributed by atoms with Gasteiger partial charge in [-0.2, -0.15) is 4.98 Å². The molecule has 0 aliphatic carbocycles. The topological polar surface area (TPSA) is 60.2 Å². The molecule has 1 aliphatic rings. The van der Waals surface area contributed by atoms with Crippen molar-refractivity contribution in [2.24, 2.45) is 0 Å². The highest BCUT2D eigenvalue weighted by atomic mass is 35.5. The molecule has 3 aromatic rings. The van der Waals surface area contributed by atoms with Crippen molar-refractivity contribution in [3.05, 3.63) is 52.5 Å². The number of halogens is 1. The molecule has 2 heterocycles. The van der Waals surface area contributed by atoms with Gasteiger partial charge >= 0.3 is 0 Å². The molecule has 1 N–H and O–H groups in total. The van der Waals surface area contributed by atoms with Gasteiger partial charge in [0, 0.05) is 24.2 Å². The number of rotatable bonds is 4. The Labute approximate surface area is 151 Å². The first-order valence-electron chi connectivity index (χ1n) is 8.24. The Balaban J connectivity index is 1.66. The van der Waals surface area contributed by atoms with E-state index in [1.807, 2.05) is 38.1 Å². The van der Waals surface area contributed by atoms with Gasteiger partial charge in [0.1, 0.15) is 5.75 Å². The number of nitrogens with one attached hydrogen (secondary N) is 1. The Morgan fingerprint density at radius 3 is 2.88 bits per heavy atom. The van der Waals surface area contributed by atoms with E-state index in [1.165, 1.54) is 11.1 Å². The summed E-state index contributed by atoms with van der Waals surface area (Å²) in [7, 11) is 0. The summed E-state index contributed by atoms with van der Waals surface area (Å²) in [5.41, 5.74) is 4.28. The zero-order valence-electron chi connectivity index (χ0n) is 14.0. The predicted molar refractivity (Wildman–Crippen MR) is 96.5 cm³/mol. The predicted octanol–water partition coefficient (Wildman–Crippen LogP) is 4.45. The molecule has 5 nitrogen and oxygen atoms in total. The minimum absolute atomic E-state index is 0.0622. The quantitative estimate of drug-likeness (QED) is 0.749. The molecular weight excluding hydrogens is 338 g/mol. The van der Waals surface area contributed by atoms with Crippen LogP contribution < -0.4 is 10.1 Å². The Morgan fingerprint density at radius 1 is 1.20 bits per heavy atom. The number of nitrogens with zero attached hydrogens (tertiary/aromatic N) is 2. The Hall–Kier alpha value is -2.37. The van der Waals surface area contributed by atoms with Gasteiger partial charge in [-0.15, -0.1) is 0 Å². The maximum Gasteiger partial charge on any atom is 0.258 e. The number of aromatic nitrogens is 2. The highest BCUT2D eigenvalue weighted by Gasteiger charge is 2.19. The highest BCUT2D eigenvalue weighted by molar-refractivity contribution is 6.32. The summed E-state index contributed by atoms with van der Waals surface area (Å²) in [5, 5.41) is 8.02. The van der Waals surface area contributed by atoms with E-state index in [1.54, 1.807) is 6.07 Å². The molecule has 0 atom stereocenters. The van der Waals surface area contributed by atoms with E-state index >= 15 is 0 Å². The molecule has 0 radical (unpaired) electrons. The van der Waals surface area contributed by atoms with Gasteiger partial charge in [0.25, 0.3) is 5.89 Å². The van der Waals surface area contributed by atoms with Gasteiger partial charge in [0.2, 0.25) is 5.82 Å². The number of ether oxygens (including phenoxy) is 1. The Kier molecular flexibility index (Phi) is 4.19. The Bertz CT molecular complexity index is 921. The van der Waals surface area contributed by atoms with E-state index in [0.717, 1.165) is 24.2 Å². The largest absolute Gasteiger partial charge is 0.489 e. The lowest BCUT2D eigenvalue weighted by Gasteiger charge is -2.11. The van der Waals surface area contributed by atoms with E-state index in [0.29, 0.717) is 22.5 Å². The monoisotopic (exact) mass is 355 g/mol. The summed E-state index contributed by atoms with van der Waals surface area (Å²) in [4.78, 5) is 4.55. The van der Waals surface area contributed by atoms with Crippen LogP contribution in [-0.2, 0) is 13.1 Å². The summed E-state index contributed by atoms with van der Waals surface area (Å²) >= 11 is 6.30. The summed E-state index contributed by atoms with van der Waals surface area (Å²) in [6, 6.07) is 11.6. The first-order chi connectivity index (χ1) is 12.1. The molecule has 25 heavy (non-hydrogen) atoms. The summed E-state index contributed by atoms with van der Waals surface area (Å²) in [6.07, 6.45) is 0.0622. The van der Waals surface area contributed by atoms with Crippen molar-refractivity contribution in [1.82, 2.24) is 15.5 Å². The van der Waals surface area contributed by atoms with E-state index < -0.39 is 0 Å². The second-order valence-electron chi connectivity index (χ2n) is 6.28. The number of hydrogen-bond donors (Lipinski definition) is 1. The van der Waals surface area contributed by atoms with Crippen molar-refractivity contribution >= 4 is 11.6 Å². The molecule has 2 aromatic carbocycles. The molecule has 0 fully saturated rings. The van der Waals surface area contributed by atoms with Gasteiger partial charge < -0.3 is 14.6 Å². The standard InChI is InChI=1S/C19H18ClN3O2/c1-11(2)24-17-7-6-12(8-16(17)20)19-22-18(23-25-19)14-5-3-4-13-9-21-10-15(13)14/h3-8,11,21H,9-10H2,1-2H3. The third kappa shape index (κ3) is 3.13. The molecular formula is C19H18ClN3O2. The fourth-order valence-electron chi connectivity index (χ4n) is 2.97. The number of benzene rings is 2. The molecule has 0 bridgehead atoms. The second kappa shape index (κ2) is 6.50. The van der Waals surface area contributed by atoms with E-state index in [9.17, 15) is 0 Å². The van der Waals surface area contributed by atoms with Crippen molar-refractivity contribution < 1.29 is 9.26 Å². The van der Waals surface area contributed by atoms with Crippen LogP contribution in [0.15, 0.2) is 40.9 Å². The van der Waals surface area contributed by atoms with E-state index in [-0.39, 0.29) is 6.10 Å². The second-order valence-corrected chi connectivity index (χ2v) is 6.69. The van der Waals surface area contributed by atoms with Crippen LogP contribution in [0.5, 0.6) is 5.75 Å². The van der Waals surface area contributed by atoms with Gasteiger partial charge in [-0.25, -0.2) is 0 Å². The average molecular weight is 356 g/mol. The summed E-state index contributed by atoms with van der Waals surface area (Å²) in [6.45, 7) is 5.62. The lowest BCUT2D eigenvalue weighted by molar-refractivity contribution is 0.242. The van der Waals surface area contributed by atoms with Crippen LogP contribution in [0.2, 0.25) is 5.02 Å². The van der Waals surface area contributed by atoms with Crippen LogP contribution in [0.25, 0.3) is 22.8 Å². The summed E-state index contributed by atoms with van der Waals surface area (Å²) in [5.74, 6) is 1.68. The van der Waals surface area contributed by atoms with E-state index in [4.69, 9.17) is 20.9 Å². The van der Waals surface area contributed by atoms with Gasteiger partial charge in [0.05, 0.1) is 11.1 Å². The average Bonchev–Trinajstić information content (AvgIpc) is 3.24. The molecule has 0 amide bonds. The molecule has 0 spiro atoms. The van der Waals surface area contributed by atoms with E-state index in [2.05, 4.69) is 21.5 Å². The lowest BCUT2D eigenvalue weighted by Crippen LogP contribution is -2.05. The molecule has 0 saturated carbocycles. The van der Waals surface area contributed by atoms with Gasteiger partial charge in [-0.1, -0.05) is 35.0 Å². The smallest absolute Gasteiger partial charge is 0.258 e.